The van der Waals surface area contributed by atoms with Crippen LogP contribution in [0.4, 0.5) is 0 Å². The Kier molecular flexibility index (Phi) is 5.28. The van der Waals surface area contributed by atoms with Gasteiger partial charge in [0.1, 0.15) is 0 Å². The predicted octanol–water partition coefficient (Wildman–Crippen LogP) is 6.18. The maximum absolute atomic E-state index is 3.53. The van der Waals surface area contributed by atoms with Crippen molar-refractivity contribution in [3.05, 3.63) is 76.8 Å². The first-order valence-corrected chi connectivity index (χ1v) is 9.20. The highest BCUT2D eigenvalue weighted by Crippen LogP contribution is 2.27. The monoisotopic (exact) mass is 332 g/mol. The van der Waals surface area contributed by atoms with Crippen LogP contribution in [0, 0.1) is 13.8 Å². The van der Waals surface area contributed by atoms with Crippen LogP contribution in [0.3, 0.4) is 0 Å². The Morgan fingerprint density at radius 3 is 2.68 bits per heavy atom. The van der Waals surface area contributed by atoms with Crippen LogP contribution in [0.5, 0.6) is 0 Å². The highest BCUT2D eigenvalue weighted by atomic mass is 15.0. The maximum Gasteiger partial charge on any atom is 0.0458 e. The number of aryl methyl sites for hydroxylation is 1. The summed E-state index contributed by atoms with van der Waals surface area (Å²) in [4.78, 5) is 3.53. The van der Waals surface area contributed by atoms with Crippen LogP contribution in [0.15, 0.2) is 48.6 Å². The fourth-order valence-electron chi connectivity index (χ4n) is 3.60. The molecule has 0 bridgehead atoms. The van der Waals surface area contributed by atoms with Gasteiger partial charge in [-0.3, -0.25) is 0 Å². The zero-order valence-corrected chi connectivity index (χ0v) is 15.8. The number of nitrogens with zero attached hydrogens (tertiary/aromatic N) is 1. The van der Waals surface area contributed by atoms with Crippen LogP contribution in [0.25, 0.3) is 17.0 Å². The molecular formula is C23H28N2. The van der Waals surface area contributed by atoms with Gasteiger partial charge in [-0.25, -0.2) is 0 Å². The summed E-state index contributed by atoms with van der Waals surface area (Å²) in [5, 5.41) is 1.34. The van der Waals surface area contributed by atoms with E-state index in [1.54, 1.807) is 0 Å². The number of benzene rings is 1. The van der Waals surface area contributed by atoms with E-state index in [4.69, 9.17) is 0 Å². The third-order valence-electron chi connectivity index (χ3n) is 4.90. The fourth-order valence-corrected chi connectivity index (χ4v) is 3.60. The molecule has 0 spiro atoms. The molecule has 0 saturated carbocycles. The molecule has 2 heteroatoms. The molecule has 0 fully saturated rings. The first-order chi connectivity index (χ1) is 12.2. The molecule has 0 radical (unpaired) electrons. The van der Waals surface area contributed by atoms with Crippen molar-refractivity contribution in [2.45, 2.75) is 47.1 Å². The van der Waals surface area contributed by atoms with Crippen LogP contribution >= 0.6 is 0 Å². The van der Waals surface area contributed by atoms with E-state index < -0.39 is 0 Å². The first kappa shape index (κ1) is 17.3. The van der Waals surface area contributed by atoms with Gasteiger partial charge in [-0.05, 0) is 50.5 Å². The summed E-state index contributed by atoms with van der Waals surface area (Å²) >= 11 is 0. The first-order valence-electron chi connectivity index (χ1n) is 9.20. The number of hydrogen-bond donors (Lipinski definition) is 1. The molecule has 2 heterocycles. The van der Waals surface area contributed by atoms with Crippen molar-refractivity contribution in [1.82, 2.24) is 9.55 Å². The minimum absolute atomic E-state index is 0.966. The molecule has 0 saturated heterocycles. The summed E-state index contributed by atoms with van der Waals surface area (Å²) in [7, 11) is 0. The van der Waals surface area contributed by atoms with Crippen LogP contribution in [-0.4, -0.2) is 9.55 Å². The molecule has 0 atom stereocenters. The van der Waals surface area contributed by atoms with Gasteiger partial charge in [-0.15, -0.1) is 0 Å². The number of aromatic nitrogens is 2. The lowest BCUT2D eigenvalue weighted by Crippen LogP contribution is -2.05. The Morgan fingerprint density at radius 2 is 1.92 bits per heavy atom. The van der Waals surface area contributed by atoms with Gasteiger partial charge < -0.3 is 9.55 Å². The Bertz CT molecular complexity index is 919. The molecule has 0 unspecified atom stereocenters. The van der Waals surface area contributed by atoms with E-state index in [9.17, 15) is 0 Å². The summed E-state index contributed by atoms with van der Waals surface area (Å²) in [5.41, 5.74) is 7.98. The fraction of sp³-hybridized carbons (Fsp3) is 0.304. The zero-order chi connectivity index (χ0) is 17.8. The van der Waals surface area contributed by atoms with Crippen molar-refractivity contribution in [2.24, 2.45) is 0 Å². The molecule has 25 heavy (non-hydrogen) atoms. The number of nitrogens with one attached hydrogen (secondary N) is 1. The Morgan fingerprint density at radius 1 is 1.12 bits per heavy atom. The van der Waals surface area contributed by atoms with Crippen LogP contribution in [-0.2, 0) is 13.0 Å². The number of allylic oxidation sites excluding steroid dienone is 3. The van der Waals surface area contributed by atoms with Crippen LogP contribution in [0.1, 0.15) is 48.5 Å². The lowest BCUT2D eigenvalue weighted by Gasteiger charge is -2.11. The normalized spacial score (nSPS) is 12.2. The number of H-pyrrole nitrogens is 1. The highest BCUT2D eigenvalue weighted by molar-refractivity contribution is 5.84. The molecule has 0 amide bonds. The van der Waals surface area contributed by atoms with Crippen molar-refractivity contribution in [1.29, 1.82) is 0 Å². The summed E-state index contributed by atoms with van der Waals surface area (Å²) in [5.74, 6) is 0. The second-order valence-electron chi connectivity index (χ2n) is 6.66. The molecule has 0 aliphatic carbocycles. The third-order valence-corrected chi connectivity index (χ3v) is 4.90. The van der Waals surface area contributed by atoms with Gasteiger partial charge in [0.15, 0.2) is 0 Å². The molecule has 0 aliphatic heterocycles. The number of hydrogen-bond acceptors (Lipinski definition) is 0. The van der Waals surface area contributed by atoms with Crippen molar-refractivity contribution < 1.29 is 0 Å². The molecule has 1 N–H and O–H groups in total. The lowest BCUT2D eigenvalue weighted by molar-refractivity contribution is 0.640. The highest BCUT2D eigenvalue weighted by Gasteiger charge is 2.14. The zero-order valence-electron chi connectivity index (χ0n) is 15.8. The molecule has 130 valence electrons. The van der Waals surface area contributed by atoms with Gasteiger partial charge in [0.05, 0.1) is 0 Å². The summed E-state index contributed by atoms with van der Waals surface area (Å²) in [6, 6.07) is 11.0. The number of rotatable bonds is 6. The van der Waals surface area contributed by atoms with Gasteiger partial charge in [0.25, 0.3) is 0 Å². The van der Waals surface area contributed by atoms with Gasteiger partial charge in [0, 0.05) is 41.0 Å². The number of aromatic amines is 1. The largest absolute Gasteiger partial charge is 0.358 e. The minimum Gasteiger partial charge on any atom is -0.358 e. The summed E-state index contributed by atoms with van der Waals surface area (Å²) in [6.07, 6.45) is 10.6. The van der Waals surface area contributed by atoms with E-state index in [0.29, 0.717) is 0 Å². The SMILES string of the molecule is C/C=C/C=C\c1cc(Cc2c(C)[nH]c3ccccc23)n(CCC)c1C. The molecule has 0 aliphatic rings. The van der Waals surface area contributed by atoms with Crippen molar-refractivity contribution in [2.75, 3.05) is 0 Å². The topological polar surface area (TPSA) is 20.7 Å². The van der Waals surface area contributed by atoms with E-state index in [1.807, 2.05) is 6.92 Å². The Hall–Kier alpha value is -2.48. The van der Waals surface area contributed by atoms with Crippen molar-refractivity contribution >= 4 is 17.0 Å². The quantitative estimate of drug-likeness (QED) is 0.521. The second-order valence-corrected chi connectivity index (χ2v) is 6.66. The van der Waals surface area contributed by atoms with Crippen LogP contribution in [0.2, 0.25) is 0 Å². The van der Waals surface area contributed by atoms with E-state index in [1.165, 1.54) is 39.1 Å². The number of para-hydroxylation sites is 1. The average molecular weight is 332 g/mol. The van der Waals surface area contributed by atoms with Gasteiger partial charge in [-0.1, -0.05) is 49.4 Å². The van der Waals surface area contributed by atoms with Gasteiger partial charge in [-0.2, -0.15) is 0 Å². The Labute approximate surface area is 150 Å². The molecule has 3 aromatic rings. The van der Waals surface area contributed by atoms with Crippen molar-refractivity contribution in [3.63, 3.8) is 0 Å². The third kappa shape index (κ3) is 3.48. The molecule has 2 nitrogen and oxygen atoms in total. The van der Waals surface area contributed by atoms with Gasteiger partial charge >= 0.3 is 0 Å². The average Bonchev–Trinajstić information content (AvgIpc) is 3.07. The molecule has 1 aromatic carbocycles. The summed E-state index contributed by atoms with van der Waals surface area (Å²) in [6.45, 7) is 9.78. The minimum atomic E-state index is 0.966. The molecule has 3 rings (SSSR count). The molecular weight excluding hydrogens is 304 g/mol. The smallest absolute Gasteiger partial charge is 0.0458 e. The Balaban J connectivity index is 2.03. The lowest BCUT2D eigenvalue weighted by atomic mass is 10.1. The van der Waals surface area contributed by atoms with E-state index in [-0.39, 0.29) is 0 Å². The number of fused-ring (bicyclic) bond motifs is 1. The second kappa shape index (κ2) is 7.60. The standard InChI is InChI=1S/C23H28N2/c1-5-7-8-11-19-15-20(25(14-6-2)18(19)4)16-22-17(3)24-23-13-10-9-12-21(22)23/h5,7-13,15,24H,6,14,16H2,1-4H3/b7-5+,11-8-. The van der Waals surface area contributed by atoms with E-state index in [0.717, 1.165) is 19.4 Å². The maximum atomic E-state index is 3.53. The predicted molar refractivity (Wildman–Crippen MR) is 109 cm³/mol. The van der Waals surface area contributed by atoms with Crippen LogP contribution < -0.4 is 0 Å². The van der Waals surface area contributed by atoms with Gasteiger partial charge in [0.2, 0.25) is 0 Å². The van der Waals surface area contributed by atoms with E-state index in [2.05, 4.69) is 85.0 Å². The summed E-state index contributed by atoms with van der Waals surface area (Å²) < 4.78 is 2.48. The van der Waals surface area contributed by atoms with E-state index >= 15 is 0 Å². The van der Waals surface area contributed by atoms with Crippen molar-refractivity contribution in [3.8, 4) is 0 Å². The molecule has 2 aromatic heterocycles.